The molecule has 1 amide bonds. The largest absolute Gasteiger partial charge is 0.508 e. The van der Waals surface area contributed by atoms with Crippen LogP contribution in [-0.2, 0) is 9.53 Å². The second-order valence-electron chi connectivity index (χ2n) is 5.65. The molecule has 0 radical (unpaired) electrons. The Labute approximate surface area is 126 Å². The maximum absolute atomic E-state index is 12.0. The molecular weight excluding hydrogens is 266 g/mol. The van der Waals surface area contributed by atoms with Crippen molar-refractivity contribution in [3.8, 4) is 5.75 Å². The lowest BCUT2D eigenvalue weighted by molar-refractivity contribution is -0.122. The van der Waals surface area contributed by atoms with Crippen molar-refractivity contribution in [1.29, 1.82) is 0 Å². The van der Waals surface area contributed by atoms with Crippen molar-refractivity contribution in [1.82, 2.24) is 5.32 Å². The average Bonchev–Trinajstić information content (AvgIpc) is 3.27. The van der Waals surface area contributed by atoms with E-state index in [2.05, 4.69) is 12.2 Å². The fourth-order valence-corrected chi connectivity index (χ4v) is 2.44. The molecule has 116 valence electrons. The molecule has 0 bridgehead atoms. The number of unbranched alkanes of at least 4 members (excludes halogenated alkanes) is 1. The number of hydrogen-bond donors (Lipinski definition) is 2. The predicted molar refractivity (Wildman–Crippen MR) is 82.3 cm³/mol. The van der Waals surface area contributed by atoms with E-state index in [9.17, 15) is 9.90 Å². The molecule has 0 heterocycles. The van der Waals surface area contributed by atoms with Gasteiger partial charge >= 0.3 is 0 Å². The van der Waals surface area contributed by atoms with Crippen LogP contribution in [0.25, 0.3) is 0 Å². The van der Waals surface area contributed by atoms with Crippen LogP contribution in [0.3, 0.4) is 0 Å². The highest BCUT2D eigenvalue weighted by molar-refractivity contribution is 5.82. The molecule has 0 spiro atoms. The molecule has 2 N–H and O–H groups in total. The molecule has 0 aromatic heterocycles. The first-order chi connectivity index (χ1) is 10.2. The molecule has 2 atom stereocenters. The summed E-state index contributed by atoms with van der Waals surface area (Å²) < 4.78 is 5.46. The first-order valence-corrected chi connectivity index (χ1v) is 7.86. The second kappa shape index (κ2) is 8.03. The summed E-state index contributed by atoms with van der Waals surface area (Å²) in [5.74, 6) is 0.812. The molecule has 1 aliphatic rings. The fraction of sp³-hybridized carbons (Fsp3) is 0.588. The van der Waals surface area contributed by atoms with E-state index in [0.29, 0.717) is 19.1 Å². The molecule has 1 aromatic rings. The predicted octanol–water partition coefficient (Wildman–Crippen LogP) is 2.82. The van der Waals surface area contributed by atoms with E-state index < -0.39 is 0 Å². The van der Waals surface area contributed by atoms with E-state index in [-0.39, 0.29) is 17.6 Å². The Morgan fingerprint density at radius 1 is 1.29 bits per heavy atom. The Hall–Kier alpha value is -1.55. The number of amides is 1. The van der Waals surface area contributed by atoms with E-state index in [4.69, 9.17) is 4.74 Å². The van der Waals surface area contributed by atoms with Crippen LogP contribution in [0.2, 0.25) is 0 Å². The lowest BCUT2D eigenvalue weighted by atomic mass is 10.1. The van der Waals surface area contributed by atoms with Gasteiger partial charge in [0.2, 0.25) is 5.91 Å². The van der Waals surface area contributed by atoms with Gasteiger partial charge in [-0.2, -0.15) is 0 Å². The molecular formula is C17H25NO3. The summed E-state index contributed by atoms with van der Waals surface area (Å²) in [6, 6.07) is 7.15. The highest BCUT2D eigenvalue weighted by Gasteiger charge is 2.43. The van der Waals surface area contributed by atoms with Gasteiger partial charge in [0.25, 0.3) is 0 Å². The van der Waals surface area contributed by atoms with Gasteiger partial charge in [-0.3, -0.25) is 4.79 Å². The summed E-state index contributed by atoms with van der Waals surface area (Å²) in [7, 11) is 0. The molecule has 1 fully saturated rings. The lowest BCUT2D eigenvalue weighted by Gasteiger charge is -2.06. The second-order valence-corrected chi connectivity index (χ2v) is 5.65. The molecule has 0 aliphatic heterocycles. The maximum Gasteiger partial charge on any atom is 0.223 e. The number of phenols is 1. The van der Waals surface area contributed by atoms with Crippen LogP contribution in [0.5, 0.6) is 5.75 Å². The number of phenolic OH excluding ortho intramolecular Hbond substituents is 1. The molecule has 1 saturated carbocycles. The minimum absolute atomic E-state index is 0.0931. The Balaban J connectivity index is 1.59. The number of hydrogen-bond acceptors (Lipinski definition) is 3. The van der Waals surface area contributed by atoms with Crippen molar-refractivity contribution < 1.29 is 14.6 Å². The average molecular weight is 291 g/mol. The first kappa shape index (κ1) is 15.8. The van der Waals surface area contributed by atoms with E-state index in [1.165, 1.54) is 0 Å². The normalized spacial score (nSPS) is 20.2. The fourth-order valence-electron chi connectivity index (χ4n) is 2.44. The van der Waals surface area contributed by atoms with E-state index in [1.807, 2.05) is 12.1 Å². The first-order valence-electron chi connectivity index (χ1n) is 7.86. The highest BCUT2D eigenvalue weighted by Crippen LogP contribution is 2.47. The van der Waals surface area contributed by atoms with Gasteiger partial charge in [-0.1, -0.05) is 25.5 Å². The number of benzene rings is 1. The summed E-state index contributed by atoms with van der Waals surface area (Å²) in [6.45, 7) is 4.36. The van der Waals surface area contributed by atoms with Crippen LogP contribution in [0, 0.1) is 5.92 Å². The third kappa shape index (κ3) is 5.05. The quantitative estimate of drug-likeness (QED) is 0.688. The molecule has 21 heavy (non-hydrogen) atoms. The van der Waals surface area contributed by atoms with Crippen molar-refractivity contribution in [3.63, 3.8) is 0 Å². The number of ether oxygens (including phenoxy) is 1. The van der Waals surface area contributed by atoms with Crippen LogP contribution in [0.1, 0.15) is 44.1 Å². The van der Waals surface area contributed by atoms with Crippen LogP contribution in [-0.4, -0.2) is 30.8 Å². The topological polar surface area (TPSA) is 58.6 Å². The van der Waals surface area contributed by atoms with Gasteiger partial charge in [0.1, 0.15) is 5.75 Å². The van der Waals surface area contributed by atoms with Crippen molar-refractivity contribution in [2.45, 2.75) is 38.5 Å². The molecule has 1 aliphatic carbocycles. The SMILES string of the molecule is CCCCOCCCNC(=O)C1CC1c1ccc(O)cc1. The van der Waals surface area contributed by atoms with E-state index >= 15 is 0 Å². The van der Waals surface area contributed by atoms with E-state index in [1.54, 1.807) is 12.1 Å². The molecule has 1 aromatic carbocycles. The summed E-state index contributed by atoms with van der Waals surface area (Å²) in [6.07, 6.45) is 4.02. The number of aromatic hydroxyl groups is 1. The van der Waals surface area contributed by atoms with Gasteiger partial charge in [0.05, 0.1) is 0 Å². The number of nitrogens with one attached hydrogen (secondary N) is 1. The van der Waals surface area contributed by atoms with E-state index in [0.717, 1.165) is 37.9 Å². The lowest BCUT2D eigenvalue weighted by Crippen LogP contribution is -2.27. The van der Waals surface area contributed by atoms with Gasteiger partial charge in [0, 0.05) is 25.7 Å². The van der Waals surface area contributed by atoms with Crippen LogP contribution in [0.4, 0.5) is 0 Å². The summed E-state index contributed by atoms with van der Waals surface area (Å²) in [5.41, 5.74) is 1.14. The van der Waals surface area contributed by atoms with Crippen molar-refractivity contribution in [2.75, 3.05) is 19.8 Å². The zero-order valence-electron chi connectivity index (χ0n) is 12.7. The third-order valence-electron chi connectivity index (χ3n) is 3.86. The summed E-state index contributed by atoms with van der Waals surface area (Å²) in [5, 5.41) is 12.2. The Morgan fingerprint density at radius 3 is 2.71 bits per heavy atom. The summed E-state index contributed by atoms with van der Waals surface area (Å²) in [4.78, 5) is 12.0. The van der Waals surface area contributed by atoms with Gasteiger partial charge in [-0.05, 0) is 42.9 Å². The third-order valence-corrected chi connectivity index (χ3v) is 3.86. The Kier molecular flexibility index (Phi) is 6.05. The number of carbonyl (C=O) groups excluding carboxylic acids is 1. The van der Waals surface area contributed by atoms with Crippen molar-refractivity contribution in [2.24, 2.45) is 5.92 Å². The number of rotatable bonds is 9. The van der Waals surface area contributed by atoms with Crippen LogP contribution >= 0.6 is 0 Å². The molecule has 2 unspecified atom stereocenters. The highest BCUT2D eigenvalue weighted by atomic mass is 16.5. The molecule has 4 heteroatoms. The zero-order valence-corrected chi connectivity index (χ0v) is 12.7. The Bertz CT molecular complexity index is 444. The van der Waals surface area contributed by atoms with Crippen LogP contribution in [0.15, 0.2) is 24.3 Å². The zero-order chi connectivity index (χ0) is 15.1. The molecule has 0 saturated heterocycles. The van der Waals surface area contributed by atoms with Gasteiger partial charge < -0.3 is 15.2 Å². The number of carbonyl (C=O) groups is 1. The minimum Gasteiger partial charge on any atom is -0.508 e. The van der Waals surface area contributed by atoms with Gasteiger partial charge in [-0.15, -0.1) is 0 Å². The molecule has 4 nitrogen and oxygen atoms in total. The Morgan fingerprint density at radius 2 is 2.00 bits per heavy atom. The van der Waals surface area contributed by atoms with Gasteiger partial charge in [0.15, 0.2) is 0 Å². The molecule has 2 rings (SSSR count). The van der Waals surface area contributed by atoms with Gasteiger partial charge in [-0.25, -0.2) is 0 Å². The monoisotopic (exact) mass is 291 g/mol. The minimum atomic E-state index is 0.0931. The standard InChI is InChI=1S/C17H25NO3/c1-2-3-10-21-11-4-9-18-17(20)16-12-15(16)13-5-7-14(19)8-6-13/h5-8,15-16,19H,2-4,9-12H2,1H3,(H,18,20). The smallest absolute Gasteiger partial charge is 0.223 e. The summed E-state index contributed by atoms with van der Waals surface area (Å²) >= 11 is 0. The maximum atomic E-state index is 12.0. The van der Waals surface area contributed by atoms with Crippen molar-refractivity contribution in [3.05, 3.63) is 29.8 Å². The van der Waals surface area contributed by atoms with Crippen molar-refractivity contribution >= 4 is 5.91 Å². The van der Waals surface area contributed by atoms with Crippen LogP contribution < -0.4 is 5.32 Å².